The molecule has 0 radical (unpaired) electrons. The Morgan fingerprint density at radius 2 is 2.33 bits per heavy atom. The van der Waals surface area contributed by atoms with Crippen molar-refractivity contribution < 1.29 is 9.90 Å². The van der Waals surface area contributed by atoms with Crippen LogP contribution in [0, 0.1) is 6.92 Å². The highest BCUT2D eigenvalue weighted by atomic mass is 32.1. The largest absolute Gasteiger partial charge is 0.478 e. The van der Waals surface area contributed by atoms with E-state index in [0.29, 0.717) is 22.6 Å². The van der Waals surface area contributed by atoms with Gasteiger partial charge in [0.05, 0.1) is 5.56 Å². The molecule has 0 heterocycles. The van der Waals surface area contributed by atoms with Gasteiger partial charge in [-0.25, -0.2) is 4.79 Å². The number of carboxylic acid groups (broad SMARTS) is 1. The van der Waals surface area contributed by atoms with E-state index in [4.69, 9.17) is 10.6 Å². The van der Waals surface area contributed by atoms with Crippen molar-refractivity contribution in [3.05, 3.63) is 39.3 Å². The Morgan fingerprint density at radius 3 is 2.80 bits per heavy atom. The monoisotopic (exact) mass is 223 g/mol. The Hall–Kier alpha value is -1.65. The highest BCUT2D eigenvalue weighted by Crippen LogP contribution is 2.25. The summed E-state index contributed by atoms with van der Waals surface area (Å²) in [4.78, 5) is 13.5. The summed E-state index contributed by atoms with van der Waals surface area (Å²) in [6.45, 7) is 1.61. The minimum Gasteiger partial charge on any atom is -0.478 e. The summed E-state index contributed by atoms with van der Waals surface area (Å²) in [5.74, 6) is -0.639. The normalized spacial score (nSPS) is 9.47. The molecule has 0 spiro atoms. The molecule has 1 rings (SSSR count). The molecule has 0 aliphatic rings. The molecule has 0 aromatic heterocycles. The molecule has 0 saturated heterocycles. The number of aromatic carboxylic acids is 1. The second kappa shape index (κ2) is 4.72. The summed E-state index contributed by atoms with van der Waals surface area (Å²) in [5.41, 5.74) is 9.98. The van der Waals surface area contributed by atoms with Crippen molar-refractivity contribution in [3.63, 3.8) is 0 Å². The van der Waals surface area contributed by atoms with Gasteiger partial charge in [-0.15, -0.1) is 0 Å². The first-order valence-electron chi connectivity index (χ1n) is 4.13. The number of carboxylic acids is 1. The summed E-state index contributed by atoms with van der Waals surface area (Å²) in [6, 6.07) is 3.16. The van der Waals surface area contributed by atoms with Gasteiger partial charge >= 0.3 is 5.97 Å². The molecular formula is C9H9N3O2S. The van der Waals surface area contributed by atoms with E-state index in [2.05, 4.69) is 22.7 Å². The van der Waals surface area contributed by atoms with Crippen LogP contribution in [0.3, 0.4) is 0 Å². The molecule has 6 heteroatoms. The minimum atomic E-state index is -1.04. The number of azide groups is 1. The van der Waals surface area contributed by atoms with Gasteiger partial charge in [0.1, 0.15) is 0 Å². The second-order valence-electron chi connectivity index (χ2n) is 2.94. The maximum atomic E-state index is 10.9. The third-order valence-electron chi connectivity index (χ3n) is 2.01. The van der Waals surface area contributed by atoms with E-state index < -0.39 is 5.97 Å². The smallest absolute Gasteiger partial charge is 0.335 e. The predicted octanol–water partition coefficient (Wildman–Crippen LogP) is 3.06. The lowest BCUT2D eigenvalue weighted by atomic mass is 10.0. The molecule has 0 atom stereocenters. The van der Waals surface area contributed by atoms with Crippen LogP contribution in [0.15, 0.2) is 17.2 Å². The Labute approximate surface area is 91.8 Å². The van der Waals surface area contributed by atoms with Gasteiger partial charge in [-0.3, -0.25) is 0 Å². The van der Waals surface area contributed by atoms with Crippen LogP contribution < -0.4 is 0 Å². The van der Waals surface area contributed by atoms with E-state index in [1.54, 1.807) is 13.0 Å². The van der Waals surface area contributed by atoms with Crippen LogP contribution in [0.4, 0.5) is 5.69 Å². The van der Waals surface area contributed by atoms with Crippen molar-refractivity contribution in [2.75, 3.05) is 0 Å². The van der Waals surface area contributed by atoms with Crippen LogP contribution in [0.2, 0.25) is 0 Å². The first-order chi connectivity index (χ1) is 7.10. The highest BCUT2D eigenvalue weighted by molar-refractivity contribution is 7.79. The molecule has 0 unspecified atom stereocenters. The second-order valence-corrected chi connectivity index (χ2v) is 3.26. The maximum Gasteiger partial charge on any atom is 0.335 e. The van der Waals surface area contributed by atoms with Crippen LogP contribution in [-0.2, 0) is 5.75 Å². The van der Waals surface area contributed by atoms with Crippen molar-refractivity contribution in [1.29, 1.82) is 0 Å². The molecule has 0 aliphatic heterocycles. The van der Waals surface area contributed by atoms with Crippen LogP contribution in [0.5, 0.6) is 0 Å². The van der Waals surface area contributed by atoms with E-state index in [1.165, 1.54) is 6.07 Å². The Bertz CT molecular complexity index is 430. The number of thiol groups is 1. The average Bonchev–Trinajstić information content (AvgIpc) is 2.21. The van der Waals surface area contributed by atoms with Crippen molar-refractivity contribution in [2.24, 2.45) is 5.11 Å². The topological polar surface area (TPSA) is 86.1 Å². The zero-order valence-corrected chi connectivity index (χ0v) is 8.90. The number of rotatable bonds is 3. The summed E-state index contributed by atoms with van der Waals surface area (Å²) >= 11 is 4.05. The Balaban J connectivity index is 3.46. The zero-order chi connectivity index (χ0) is 11.4. The number of hydrogen-bond acceptors (Lipinski definition) is 3. The maximum absolute atomic E-state index is 10.9. The molecule has 0 aliphatic carbocycles. The van der Waals surface area contributed by atoms with Gasteiger partial charge in [0.25, 0.3) is 0 Å². The number of benzene rings is 1. The van der Waals surface area contributed by atoms with Crippen molar-refractivity contribution >= 4 is 24.3 Å². The van der Waals surface area contributed by atoms with Crippen molar-refractivity contribution in [3.8, 4) is 0 Å². The van der Waals surface area contributed by atoms with E-state index in [1.807, 2.05) is 0 Å². The average molecular weight is 223 g/mol. The van der Waals surface area contributed by atoms with Gasteiger partial charge in [0.2, 0.25) is 0 Å². The SMILES string of the molecule is Cc1c(N=[N+]=[N-])cc(CS)cc1C(=O)O. The summed E-state index contributed by atoms with van der Waals surface area (Å²) in [6.07, 6.45) is 0. The molecule has 1 aromatic rings. The lowest BCUT2D eigenvalue weighted by Gasteiger charge is -2.06. The Kier molecular flexibility index (Phi) is 3.60. The summed E-state index contributed by atoms with van der Waals surface area (Å²) < 4.78 is 0. The first kappa shape index (κ1) is 11.4. The molecule has 1 aromatic carbocycles. The van der Waals surface area contributed by atoms with Crippen LogP contribution in [0.25, 0.3) is 10.4 Å². The van der Waals surface area contributed by atoms with Crippen LogP contribution in [0.1, 0.15) is 21.5 Å². The fourth-order valence-corrected chi connectivity index (χ4v) is 1.41. The zero-order valence-electron chi connectivity index (χ0n) is 8.01. The fraction of sp³-hybridized carbons (Fsp3) is 0.222. The molecule has 0 saturated carbocycles. The van der Waals surface area contributed by atoms with Crippen LogP contribution in [-0.4, -0.2) is 11.1 Å². The summed E-state index contributed by atoms with van der Waals surface area (Å²) in [5, 5.41) is 12.4. The molecule has 0 fully saturated rings. The Morgan fingerprint density at radius 1 is 1.67 bits per heavy atom. The number of hydrogen-bond donors (Lipinski definition) is 2. The van der Waals surface area contributed by atoms with Gasteiger partial charge in [-0.1, -0.05) is 5.11 Å². The predicted molar refractivity (Wildman–Crippen MR) is 59.6 cm³/mol. The minimum absolute atomic E-state index is 0.143. The lowest BCUT2D eigenvalue weighted by molar-refractivity contribution is 0.0696. The fourth-order valence-electron chi connectivity index (χ4n) is 1.22. The highest BCUT2D eigenvalue weighted by Gasteiger charge is 2.11. The molecular weight excluding hydrogens is 214 g/mol. The number of carbonyl (C=O) groups is 1. The molecule has 0 bridgehead atoms. The van der Waals surface area contributed by atoms with Gasteiger partial charge < -0.3 is 5.11 Å². The third-order valence-corrected chi connectivity index (χ3v) is 2.37. The third kappa shape index (κ3) is 2.43. The van der Waals surface area contributed by atoms with E-state index in [9.17, 15) is 4.79 Å². The van der Waals surface area contributed by atoms with E-state index in [0.717, 1.165) is 0 Å². The molecule has 1 N–H and O–H groups in total. The lowest BCUT2D eigenvalue weighted by Crippen LogP contribution is -2.00. The molecule has 5 nitrogen and oxygen atoms in total. The quantitative estimate of drug-likeness (QED) is 0.357. The first-order valence-corrected chi connectivity index (χ1v) is 4.76. The molecule has 78 valence electrons. The van der Waals surface area contributed by atoms with Gasteiger partial charge in [-0.2, -0.15) is 12.6 Å². The van der Waals surface area contributed by atoms with E-state index >= 15 is 0 Å². The molecule has 15 heavy (non-hydrogen) atoms. The van der Waals surface area contributed by atoms with Crippen molar-refractivity contribution in [1.82, 2.24) is 0 Å². The van der Waals surface area contributed by atoms with Crippen molar-refractivity contribution in [2.45, 2.75) is 12.7 Å². The van der Waals surface area contributed by atoms with Gasteiger partial charge in [0.15, 0.2) is 0 Å². The van der Waals surface area contributed by atoms with Crippen LogP contribution >= 0.6 is 12.6 Å². The van der Waals surface area contributed by atoms with Gasteiger partial charge in [0, 0.05) is 16.4 Å². The van der Waals surface area contributed by atoms with E-state index in [-0.39, 0.29) is 5.56 Å². The molecule has 0 amide bonds. The number of nitrogens with zero attached hydrogens (tertiary/aromatic N) is 3. The standard InChI is InChI=1S/C9H9N3O2S/c1-5-7(9(13)14)2-6(4-15)3-8(5)11-12-10/h2-3,15H,4H2,1H3,(H,13,14). The summed E-state index contributed by atoms with van der Waals surface area (Å²) in [7, 11) is 0. The van der Waals surface area contributed by atoms with Gasteiger partial charge in [-0.05, 0) is 35.7 Å².